The zero-order valence-corrected chi connectivity index (χ0v) is 13.8. The second-order valence-corrected chi connectivity index (χ2v) is 5.64. The number of rotatable bonds is 8. The van der Waals surface area contributed by atoms with Crippen molar-refractivity contribution >= 4 is 0 Å². The summed E-state index contributed by atoms with van der Waals surface area (Å²) in [6.45, 7) is 5.11. The highest BCUT2D eigenvalue weighted by Gasteiger charge is 2.25. The summed E-state index contributed by atoms with van der Waals surface area (Å²) in [5.74, 6) is 1.52. The van der Waals surface area contributed by atoms with Crippen LogP contribution in [0.15, 0.2) is 54.6 Å². The quantitative estimate of drug-likeness (QED) is 0.662. The van der Waals surface area contributed by atoms with E-state index >= 15 is 0 Å². The van der Waals surface area contributed by atoms with Crippen LogP contribution in [0.25, 0.3) is 0 Å². The molecule has 1 unspecified atom stereocenters. The molecular formula is C20H23NO2. The first-order valence-corrected chi connectivity index (χ1v) is 8.01. The molecule has 0 aliphatic heterocycles. The van der Waals surface area contributed by atoms with Crippen molar-refractivity contribution in [3.8, 4) is 17.6 Å². The van der Waals surface area contributed by atoms with Gasteiger partial charge in [-0.3, -0.25) is 0 Å². The Morgan fingerprint density at radius 1 is 0.957 bits per heavy atom. The molecule has 0 saturated carbocycles. The molecule has 0 heterocycles. The average Bonchev–Trinajstić information content (AvgIpc) is 2.61. The molecule has 2 aromatic carbocycles. The second kappa shape index (κ2) is 8.24. The van der Waals surface area contributed by atoms with E-state index in [-0.39, 0.29) is 0 Å². The van der Waals surface area contributed by atoms with Gasteiger partial charge < -0.3 is 9.47 Å². The van der Waals surface area contributed by atoms with E-state index in [1.54, 1.807) is 0 Å². The van der Waals surface area contributed by atoms with Crippen LogP contribution >= 0.6 is 0 Å². The third kappa shape index (κ3) is 4.50. The highest BCUT2D eigenvalue weighted by molar-refractivity contribution is 5.39. The zero-order chi connectivity index (χ0) is 16.5. The summed E-state index contributed by atoms with van der Waals surface area (Å²) in [5, 5.41) is 9.56. The Balaban J connectivity index is 1.91. The van der Waals surface area contributed by atoms with Crippen molar-refractivity contribution in [2.45, 2.75) is 32.1 Å². The maximum Gasteiger partial charge on any atom is 0.161 e. The molecule has 3 heteroatoms. The monoisotopic (exact) mass is 309 g/mol. The first-order chi connectivity index (χ1) is 11.2. The standard InChI is InChI=1S/C20H23NO2/c1-3-22-18-12-7-8-13-19(18)23-15-9-14-20(2,16-21)17-10-5-4-6-11-17/h4-8,10-13H,3,9,14-15H2,1-2H3. The summed E-state index contributed by atoms with van der Waals surface area (Å²) in [7, 11) is 0. The summed E-state index contributed by atoms with van der Waals surface area (Å²) in [6.07, 6.45) is 1.56. The minimum absolute atomic E-state index is 0.482. The van der Waals surface area contributed by atoms with Gasteiger partial charge in [0.2, 0.25) is 0 Å². The van der Waals surface area contributed by atoms with E-state index in [1.165, 1.54) is 0 Å². The van der Waals surface area contributed by atoms with Crippen molar-refractivity contribution < 1.29 is 9.47 Å². The normalized spacial score (nSPS) is 12.9. The Hall–Kier alpha value is -2.47. The molecule has 0 aliphatic rings. The first-order valence-electron chi connectivity index (χ1n) is 8.01. The van der Waals surface area contributed by atoms with Crippen LogP contribution < -0.4 is 9.47 Å². The number of hydrogen-bond donors (Lipinski definition) is 0. The predicted octanol–water partition coefficient (Wildman–Crippen LogP) is 4.73. The summed E-state index contributed by atoms with van der Waals surface area (Å²) in [5.41, 5.74) is 0.571. The van der Waals surface area contributed by atoms with E-state index in [9.17, 15) is 5.26 Å². The number of para-hydroxylation sites is 2. The van der Waals surface area contributed by atoms with E-state index in [1.807, 2.05) is 68.4 Å². The SMILES string of the molecule is CCOc1ccccc1OCCCC(C)(C#N)c1ccccc1. The van der Waals surface area contributed by atoms with E-state index in [2.05, 4.69) is 6.07 Å². The summed E-state index contributed by atoms with van der Waals surface area (Å²) < 4.78 is 11.4. The number of benzene rings is 2. The molecule has 23 heavy (non-hydrogen) atoms. The molecule has 1 atom stereocenters. The Kier molecular flexibility index (Phi) is 6.05. The molecule has 0 spiro atoms. The highest BCUT2D eigenvalue weighted by Crippen LogP contribution is 2.29. The number of nitrogens with zero attached hydrogens (tertiary/aromatic N) is 1. The van der Waals surface area contributed by atoms with Crippen LogP contribution in [0.1, 0.15) is 32.3 Å². The van der Waals surface area contributed by atoms with E-state index in [0.29, 0.717) is 13.2 Å². The van der Waals surface area contributed by atoms with E-state index in [4.69, 9.17) is 9.47 Å². The number of nitriles is 1. The molecule has 0 aliphatic carbocycles. The van der Waals surface area contributed by atoms with Gasteiger partial charge in [-0.1, -0.05) is 42.5 Å². The first kappa shape index (κ1) is 16.9. The van der Waals surface area contributed by atoms with Crippen LogP contribution in [0.4, 0.5) is 0 Å². The second-order valence-electron chi connectivity index (χ2n) is 5.64. The van der Waals surface area contributed by atoms with Crippen molar-refractivity contribution in [2.75, 3.05) is 13.2 Å². The lowest BCUT2D eigenvalue weighted by Gasteiger charge is -2.22. The maximum atomic E-state index is 9.56. The van der Waals surface area contributed by atoms with Crippen molar-refractivity contribution in [3.63, 3.8) is 0 Å². The Morgan fingerprint density at radius 3 is 2.17 bits per heavy atom. The summed E-state index contributed by atoms with van der Waals surface area (Å²) in [6, 6.07) is 20.0. The van der Waals surface area contributed by atoms with Gasteiger partial charge in [-0.2, -0.15) is 5.26 Å². The zero-order valence-electron chi connectivity index (χ0n) is 13.8. The predicted molar refractivity (Wildman–Crippen MR) is 91.7 cm³/mol. The Labute approximate surface area is 138 Å². The largest absolute Gasteiger partial charge is 0.490 e. The lowest BCUT2D eigenvalue weighted by Crippen LogP contribution is -2.20. The molecule has 0 aromatic heterocycles. The van der Waals surface area contributed by atoms with Crippen molar-refractivity contribution in [2.24, 2.45) is 0 Å². The Morgan fingerprint density at radius 2 is 1.57 bits per heavy atom. The molecule has 2 rings (SSSR count). The van der Waals surface area contributed by atoms with Crippen LogP contribution in [-0.2, 0) is 5.41 Å². The van der Waals surface area contributed by atoms with Crippen LogP contribution in [0.5, 0.6) is 11.5 Å². The van der Waals surface area contributed by atoms with Gasteiger partial charge in [0, 0.05) is 0 Å². The molecule has 0 amide bonds. The van der Waals surface area contributed by atoms with Gasteiger partial charge in [-0.25, -0.2) is 0 Å². The third-order valence-corrected chi connectivity index (χ3v) is 3.89. The van der Waals surface area contributed by atoms with Crippen molar-refractivity contribution in [3.05, 3.63) is 60.2 Å². The van der Waals surface area contributed by atoms with Gasteiger partial charge in [0.15, 0.2) is 11.5 Å². The van der Waals surface area contributed by atoms with Crippen LogP contribution in [0, 0.1) is 11.3 Å². The number of ether oxygens (including phenoxy) is 2. The fourth-order valence-corrected chi connectivity index (χ4v) is 2.52. The molecule has 0 fully saturated rings. The van der Waals surface area contributed by atoms with Gasteiger partial charge in [-0.15, -0.1) is 0 Å². The smallest absolute Gasteiger partial charge is 0.161 e. The van der Waals surface area contributed by atoms with Crippen LogP contribution in [0.3, 0.4) is 0 Å². The van der Waals surface area contributed by atoms with Crippen LogP contribution in [-0.4, -0.2) is 13.2 Å². The molecular weight excluding hydrogens is 286 g/mol. The molecule has 0 bridgehead atoms. The van der Waals surface area contributed by atoms with Gasteiger partial charge >= 0.3 is 0 Å². The van der Waals surface area contributed by atoms with Crippen molar-refractivity contribution in [1.82, 2.24) is 0 Å². The summed E-state index contributed by atoms with van der Waals surface area (Å²) >= 11 is 0. The lowest BCUT2D eigenvalue weighted by atomic mass is 9.80. The molecule has 120 valence electrons. The molecule has 3 nitrogen and oxygen atoms in total. The minimum atomic E-state index is -0.482. The van der Waals surface area contributed by atoms with Gasteiger partial charge in [0.25, 0.3) is 0 Å². The van der Waals surface area contributed by atoms with E-state index in [0.717, 1.165) is 29.9 Å². The van der Waals surface area contributed by atoms with Gasteiger partial charge in [0.1, 0.15) is 0 Å². The maximum absolute atomic E-state index is 9.56. The molecule has 0 saturated heterocycles. The molecule has 0 radical (unpaired) electrons. The molecule has 2 aromatic rings. The highest BCUT2D eigenvalue weighted by atomic mass is 16.5. The van der Waals surface area contributed by atoms with Gasteiger partial charge in [0.05, 0.1) is 24.7 Å². The topological polar surface area (TPSA) is 42.2 Å². The minimum Gasteiger partial charge on any atom is -0.490 e. The van der Waals surface area contributed by atoms with Crippen LogP contribution in [0.2, 0.25) is 0 Å². The van der Waals surface area contributed by atoms with Crippen molar-refractivity contribution in [1.29, 1.82) is 5.26 Å². The van der Waals surface area contributed by atoms with E-state index < -0.39 is 5.41 Å². The van der Waals surface area contributed by atoms with Gasteiger partial charge in [-0.05, 0) is 44.4 Å². The third-order valence-electron chi connectivity index (χ3n) is 3.89. The lowest BCUT2D eigenvalue weighted by molar-refractivity contribution is 0.266. The fourth-order valence-electron chi connectivity index (χ4n) is 2.52. The average molecular weight is 309 g/mol. The number of hydrogen-bond acceptors (Lipinski definition) is 3. The fraction of sp³-hybridized carbons (Fsp3) is 0.350. The molecule has 0 N–H and O–H groups in total. The Bertz CT molecular complexity index is 648. The summed E-state index contributed by atoms with van der Waals surface area (Å²) in [4.78, 5) is 0.